The highest BCUT2D eigenvalue weighted by molar-refractivity contribution is 5.94. The molecule has 0 aliphatic heterocycles. The van der Waals surface area contributed by atoms with Crippen LogP contribution in [0.25, 0.3) is 0 Å². The summed E-state index contributed by atoms with van der Waals surface area (Å²) in [5.41, 5.74) is 1.82. The van der Waals surface area contributed by atoms with Gasteiger partial charge in [0.25, 0.3) is 5.91 Å². The van der Waals surface area contributed by atoms with Crippen molar-refractivity contribution in [2.75, 3.05) is 12.4 Å². The summed E-state index contributed by atoms with van der Waals surface area (Å²) < 4.78 is 0. The van der Waals surface area contributed by atoms with E-state index in [0.29, 0.717) is 11.6 Å². The molecule has 1 fully saturated rings. The zero-order chi connectivity index (χ0) is 13.0. The summed E-state index contributed by atoms with van der Waals surface area (Å²) in [6, 6.07) is 8.30. The topological polar surface area (TPSA) is 41.1 Å². The molecular weight excluding hydrogens is 224 g/mol. The molecule has 0 heterocycles. The lowest BCUT2D eigenvalue weighted by Gasteiger charge is -2.30. The Morgan fingerprint density at radius 1 is 1.17 bits per heavy atom. The summed E-state index contributed by atoms with van der Waals surface area (Å²) in [4.78, 5) is 11.4. The van der Waals surface area contributed by atoms with E-state index in [4.69, 9.17) is 0 Å². The van der Waals surface area contributed by atoms with Crippen LogP contribution >= 0.6 is 0 Å². The van der Waals surface area contributed by atoms with Crippen LogP contribution in [0.5, 0.6) is 0 Å². The van der Waals surface area contributed by atoms with Crippen molar-refractivity contribution in [3.63, 3.8) is 0 Å². The van der Waals surface area contributed by atoms with Gasteiger partial charge in [-0.25, -0.2) is 0 Å². The third-order valence-corrected chi connectivity index (χ3v) is 3.84. The maximum absolute atomic E-state index is 11.4. The largest absolute Gasteiger partial charge is 0.382 e. The van der Waals surface area contributed by atoms with Crippen LogP contribution in [0.2, 0.25) is 0 Å². The van der Waals surface area contributed by atoms with Crippen molar-refractivity contribution in [2.24, 2.45) is 5.92 Å². The van der Waals surface area contributed by atoms with Crippen LogP contribution in [-0.2, 0) is 0 Å². The smallest absolute Gasteiger partial charge is 0.251 e. The second kappa shape index (κ2) is 5.89. The number of benzene rings is 1. The van der Waals surface area contributed by atoms with Gasteiger partial charge in [0, 0.05) is 24.3 Å². The molecule has 1 amide bonds. The number of hydrogen-bond acceptors (Lipinski definition) is 2. The predicted octanol–water partition coefficient (Wildman–Crippen LogP) is 3.04. The van der Waals surface area contributed by atoms with E-state index in [1.54, 1.807) is 7.05 Å². The molecule has 2 rings (SSSR count). The average Bonchev–Trinajstić information content (AvgIpc) is 2.41. The average molecular weight is 246 g/mol. The summed E-state index contributed by atoms with van der Waals surface area (Å²) in [6.07, 6.45) is 5.24. The molecule has 2 unspecified atom stereocenters. The van der Waals surface area contributed by atoms with Gasteiger partial charge < -0.3 is 10.6 Å². The first-order chi connectivity index (χ1) is 8.70. The molecule has 2 N–H and O–H groups in total. The monoisotopic (exact) mass is 246 g/mol. The van der Waals surface area contributed by atoms with E-state index in [2.05, 4.69) is 17.6 Å². The Balaban J connectivity index is 1.99. The third-order valence-electron chi connectivity index (χ3n) is 3.84. The molecule has 3 heteroatoms. The second-order valence-corrected chi connectivity index (χ2v) is 5.17. The molecule has 1 aromatic carbocycles. The molecule has 0 spiro atoms. The number of hydrogen-bond donors (Lipinski definition) is 2. The molecule has 1 saturated carbocycles. The molecule has 18 heavy (non-hydrogen) atoms. The van der Waals surface area contributed by atoms with Crippen LogP contribution in [0.1, 0.15) is 43.0 Å². The first-order valence-corrected chi connectivity index (χ1v) is 6.79. The molecule has 0 radical (unpaired) electrons. The maximum Gasteiger partial charge on any atom is 0.251 e. The molecule has 0 bridgehead atoms. The first kappa shape index (κ1) is 12.9. The number of carbonyl (C=O) groups excluding carboxylic acids is 1. The number of carbonyl (C=O) groups is 1. The standard InChI is InChI=1S/C15H22N2O/c1-11-5-3-4-6-14(11)17-13-9-7-12(8-10-13)15(18)16-2/h7-11,14,17H,3-6H2,1-2H3,(H,16,18). The SMILES string of the molecule is CNC(=O)c1ccc(NC2CCCCC2C)cc1. The van der Waals surface area contributed by atoms with Crippen molar-refractivity contribution in [3.8, 4) is 0 Å². The number of nitrogens with one attached hydrogen (secondary N) is 2. The lowest BCUT2D eigenvalue weighted by molar-refractivity contribution is 0.0963. The van der Waals surface area contributed by atoms with Gasteiger partial charge in [-0.2, -0.15) is 0 Å². The van der Waals surface area contributed by atoms with Crippen molar-refractivity contribution in [3.05, 3.63) is 29.8 Å². The van der Waals surface area contributed by atoms with E-state index in [1.807, 2.05) is 24.3 Å². The van der Waals surface area contributed by atoms with Crippen LogP contribution in [0.15, 0.2) is 24.3 Å². The third kappa shape index (κ3) is 3.03. The fraction of sp³-hybridized carbons (Fsp3) is 0.533. The number of anilines is 1. The zero-order valence-electron chi connectivity index (χ0n) is 11.2. The van der Waals surface area contributed by atoms with E-state index in [0.717, 1.165) is 11.6 Å². The Hall–Kier alpha value is -1.51. The fourth-order valence-corrected chi connectivity index (χ4v) is 2.61. The van der Waals surface area contributed by atoms with Crippen molar-refractivity contribution < 1.29 is 4.79 Å². The predicted molar refractivity (Wildman–Crippen MR) is 74.9 cm³/mol. The van der Waals surface area contributed by atoms with Gasteiger partial charge in [-0.15, -0.1) is 0 Å². The Morgan fingerprint density at radius 2 is 1.83 bits per heavy atom. The summed E-state index contributed by atoms with van der Waals surface area (Å²) in [5, 5.41) is 6.21. The van der Waals surface area contributed by atoms with Gasteiger partial charge in [-0.05, 0) is 43.0 Å². The first-order valence-electron chi connectivity index (χ1n) is 6.79. The van der Waals surface area contributed by atoms with E-state index in [9.17, 15) is 4.79 Å². The summed E-state index contributed by atoms with van der Waals surface area (Å²) in [7, 11) is 1.65. The lowest BCUT2D eigenvalue weighted by atomic mass is 9.86. The zero-order valence-corrected chi connectivity index (χ0v) is 11.2. The quantitative estimate of drug-likeness (QED) is 0.860. The highest BCUT2D eigenvalue weighted by Crippen LogP contribution is 2.26. The van der Waals surface area contributed by atoms with E-state index < -0.39 is 0 Å². The minimum absolute atomic E-state index is 0.0346. The van der Waals surface area contributed by atoms with E-state index in [-0.39, 0.29) is 5.91 Å². The van der Waals surface area contributed by atoms with Crippen LogP contribution in [0, 0.1) is 5.92 Å². The van der Waals surface area contributed by atoms with Gasteiger partial charge in [0.2, 0.25) is 0 Å². The molecule has 0 saturated heterocycles. The molecule has 2 atom stereocenters. The Bertz CT molecular complexity index is 399. The molecular formula is C15H22N2O. The summed E-state index contributed by atoms with van der Waals surface area (Å²) in [6.45, 7) is 2.32. The lowest BCUT2D eigenvalue weighted by Crippen LogP contribution is -2.30. The number of amides is 1. The molecule has 1 aromatic rings. The normalized spacial score (nSPS) is 23.4. The van der Waals surface area contributed by atoms with Crippen molar-refractivity contribution in [1.82, 2.24) is 5.32 Å². The van der Waals surface area contributed by atoms with E-state index in [1.165, 1.54) is 25.7 Å². The summed E-state index contributed by atoms with van der Waals surface area (Å²) in [5.74, 6) is 0.699. The molecule has 3 nitrogen and oxygen atoms in total. The molecule has 98 valence electrons. The van der Waals surface area contributed by atoms with Gasteiger partial charge in [0.05, 0.1) is 0 Å². The molecule has 0 aromatic heterocycles. The number of rotatable bonds is 3. The van der Waals surface area contributed by atoms with Gasteiger partial charge in [-0.3, -0.25) is 4.79 Å². The van der Waals surface area contributed by atoms with Crippen LogP contribution in [0.4, 0.5) is 5.69 Å². The van der Waals surface area contributed by atoms with Gasteiger partial charge in [0.15, 0.2) is 0 Å². The highest BCUT2D eigenvalue weighted by Gasteiger charge is 2.20. The van der Waals surface area contributed by atoms with Gasteiger partial charge in [0.1, 0.15) is 0 Å². The van der Waals surface area contributed by atoms with Gasteiger partial charge in [-0.1, -0.05) is 19.8 Å². The van der Waals surface area contributed by atoms with Gasteiger partial charge >= 0.3 is 0 Å². The Labute approximate surface area is 109 Å². The molecule has 1 aliphatic carbocycles. The van der Waals surface area contributed by atoms with Crippen molar-refractivity contribution in [1.29, 1.82) is 0 Å². The maximum atomic E-state index is 11.4. The van der Waals surface area contributed by atoms with Crippen molar-refractivity contribution >= 4 is 11.6 Å². The van der Waals surface area contributed by atoms with E-state index >= 15 is 0 Å². The van der Waals surface area contributed by atoms with Crippen LogP contribution < -0.4 is 10.6 Å². The Morgan fingerprint density at radius 3 is 2.44 bits per heavy atom. The second-order valence-electron chi connectivity index (χ2n) is 5.17. The molecule has 1 aliphatic rings. The minimum Gasteiger partial charge on any atom is -0.382 e. The summed E-state index contributed by atoms with van der Waals surface area (Å²) >= 11 is 0. The van der Waals surface area contributed by atoms with Crippen molar-refractivity contribution in [2.45, 2.75) is 38.6 Å². The minimum atomic E-state index is -0.0346. The van der Waals surface area contributed by atoms with Crippen LogP contribution in [0.3, 0.4) is 0 Å². The highest BCUT2D eigenvalue weighted by atomic mass is 16.1. The Kier molecular flexibility index (Phi) is 4.24. The fourth-order valence-electron chi connectivity index (χ4n) is 2.61. The van der Waals surface area contributed by atoms with Crippen LogP contribution in [-0.4, -0.2) is 19.0 Å².